The molecule has 1 heteroatoms. The fourth-order valence-corrected chi connectivity index (χ4v) is 1.25. The molecule has 1 aromatic rings. The largest absolute Gasteiger partial charge is 0.493 e. The van der Waals surface area contributed by atoms with E-state index >= 15 is 0 Å². The maximum atomic E-state index is 5.73. The van der Waals surface area contributed by atoms with Crippen LogP contribution in [0, 0.1) is 5.41 Å². The van der Waals surface area contributed by atoms with E-state index in [4.69, 9.17) is 4.74 Å². The predicted molar refractivity (Wildman–Crippen MR) is 66.1 cm³/mol. The number of benzene rings is 1. The monoisotopic (exact) mass is 204 g/mol. The highest BCUT2D eigenvalue weighted by molar-refractivity contribution is 5.55. The molecule has 0 fully saturated rings. The van der Waals surface area contributed by atoms with Crippen LogP contribution in [0.1, 0.15) is 32.8 Å². The SMILES string of the molecule is C=Cc1ccccc1OCCC(C)(C)C. The molecule has 15 heavy (non-hydrogen) atoms. The minimum atomic E-state index is 0.323. The molecule has 1 aromatic carbocycles. The first-order valence-electron chi connectivity index (χ1n) is 5.37. The Morgan fingerprint density at radius 2 is 1.93 bits per heavy atom. The Bertz CT molecular complexity index is 320. The summed E-state index contributed by atoms with van der Waals surface area (Å²) in [5.41, 5.74) is 1.38. The average molecular weight is 204 g/mol. The van der Waals surface area contributed by atoms with Crippen LogP contribution >= 0.6 is 0 Å². The van der Waals surface area contributed by atoms with Gasteiger partial charge in [-0.05, 0) is 17.9 Å². The Balaban J connectivity index is 2.54. The Morgan fingerprint density at radius 1 is 1.27 bits per heavy atom. The van der Waals surface area contributed by atoms with Gasteiger partial charge in [-0.1, -0.05) is 51.6 Å². The van der Waals surface area contributed by atoms with Crippen molar-refractivity contribution >= 4 is 6.08 Å². The Hall–Kier alpha value is -1.24. The smallest absolute Gasteiger partial charge is 0.126 e. The lowest BCUT2D eigenvalue weighted by Gasteiger charge is -2.18. The molecule has 1 nitrogen and oxygen atoms in total. The number of hydrogen-bond donors (Lipinski definition) is 0. The minimum absolute atomic E-state index is 0.323. The minimum Gasteiger partial charge on any atom is -0.493 e. The van der Waals surface area contributed by atoms with E-state index in [9.17, 15) is 0 Å². The maximum Gasteiger partial charge on any atom is 0.126 e. The summed E-state index contributed by atoms with van der Waals surface area (Å²) >= 11 is 0. The van der Waals surface area contributed by atoms with Crippen LogP contribution in [0.25, 0.3) is 6.08 Å². The molecule has 0 radical (unpaired) electrons. The first-order chi connectivity index (χ1) is 7.03. The van der Waals surface area contributed by atoms with Crippen molar-refractivity contribution in [2.24, 2.45) is 5.41 Å². The Kier molecular flexibility index (Phi) is 3.96. The van der Waals surface area contributed by atoms with Gasteiger partial charge in [-0.15, -0.1) is 0 Å². The van der Waals surface area contributed by atoms with E-state index in [2.05, 4.69) is 27.4 Å². The first-order valence-corrected chi connectivity index (χ1v) is 5.37. The second-order valence-electron chi connectivity index (χ2n) is 4.90. The van der Waals surface area contributed by atoms with Crippen LogP contribution in [0.5, 0.6) is 5.75 Å². The summed E-state index contributed by atoms with van der Waals surface area (Å²) in [7, 11) is 0. The normalized spacial score (nSPS) is 11.1. The van der Waals surface area contributed by atoms with Crippen molar-refractivity contribution in [3.8, 4) is 5.75 Å². The third kappa shape index (κ3) is 4.20. The summed E-state index contributed by atoms with van der Waals surface area (Å²) in [6, 6.07) is 7.98. The van der Waals surface area contributed by atoms with Crippen molar-refractivity contribution in [2.75, 3.05) is 6.61 Å². The van der Waals surface area contributed by atoms with Crippen molar-refractivity contribution in [1.29, 1.82) is 0 Å². The molecule has 0 aliphatic rings. The molecule has 0 heterocycles. The third-order valence-electron chi connectivity index (χ3n) is 2.25. The summed E-state index contributed by atoms with van der Waals surface area (Å²) in [5.74, 6) is 0.928. The van der Waals surface area contributed by atoms with Gasteiger partial charge in [0.25, 0.3) is 0 Å². The van der Waals surface area contributed by atoms with Crippen LogP contribution in [-0.2, 0) is 0 Å². The maximum absolute atomic E-state index is 5.73. The topological polar surface area (TPSA) is 9.23 Å². The molecule has 0 unspecified atom stereocenters. The summed E-state index contributed by atoms with van der Waals surface area (Å²) in [5, 5.41) is 0. The number of hydrogen-bond acceptors (Lipinski definition) is 1. The molecule has 0 N–H and O–H groups in total. The number of rotatable bonds is 4. The molecule has 0 saturated heterocycles. The van der Waals surface area contributed by atoms with Crippen LogP contribution in [0.2, 0.25) is 0 Å². The second-order valence-corrected chi connectivity index (χ2v) is 4.90. The zero-order valence-electron chi connectivity index (χ0n) is 9.92. The Morgan fingerprint density at radius 3 is 2.53 bits per heavy atom. The zero-order chi connectivity index (χ0) is 11.3. The molecule has 0 aromatic heterocycles. The summed E-state index contributed by atoms with van der Waals surface area (Å²) in [4.78, 5) is 0. The standard InChI is InChI=1S/C14H20O/c1-5-12-8-6-7-9-13(12)15-11-10-14(2,3)4/h5-9H,1,10-11H2,2-4H3. The van der Waals surface area contributed by atoms with Crippen molar-refractivity contribution in [1.82, 2.24) is 0 Å². The van der Waals surface area contributed by atoms with E-state index in [0.29, 0.717) is 5.41 Å². The third-order valence-corrected chi connectivity index (χ3v) is 2.25. The summed E-state index contributed by atoms with van der Waals surface area (Å²) in [6.45, 7) is 11.2. The van der Waals surface area contributed by atoms with Crippen molar-refractivity contribution < 1.29 is 4.74 Å². The highest BCUT2D eigenvalue weighted by Crippen LogP contribution is 2.22. The van der Waals surface area contributed by atoms with E-state index in [1.165, 1.54) is 0 Å². The first kappa shape index (κ1) is 11.8. The van der Waals surface area contributed by atoms with Crippen LogP contribution in [0.3, 0.4) is 0 Å². The lowest BCUT2D eigenvalue weighted by molar-refractivity contribution is 0.242. The lowest BCUT2D eigenvalue weighted by atomic mass is 9.93. The van der Waals surface area contributed by atoms with E-state index in [-0.39, 0.29) is 0 Å². The van der Waals surface area contributed by atoms with Gasteiger partial charge in [0, 0.05) is 5.56 Å². The van der Waals surface area contributed by atoms with E-state index in [0.717, 1.165) is 24.3 Å². The van der Waals surface area contributed by atoms with Gasteiger partial charge in [-0.3, -0.25) is 0 Å². The van der Waals surface area contributed by atoms with Crippen LogP contribution in [-0.4, -0.2) is 6.61 Å². The molecule has 0 aliphatic heterocycles. The molecule has 0 aliphatic carbocycles. The van der Waals surface area contributed by atoms with Crippen LogP contribution < -0.4 is 4.74 Å². The zero-order valence-corrected chi connectivity index (χ0v) is 9.92. The van der Waals surface area contributed by atoms with Crippen LogP contribution in [0.4, 0.5) is 0 Å². The van der Waals surface area contributed by atoms with Gasteiger partial charge in [0.2, 0.25) is 0 Å². The highest BCUT2D eigenvalue weighted by Gasteiger charge is 2.10. The van der Waals surface area contributed by atoms with E-state index < -0.39 is 0 Å². The quantitative estimate of drug-likeness (QED) is 0.716. The lowest BCUT2D eigenvalue weighted by Crippen LogP contribution is -2.11. The molecule has 0 bridgehead atoms. The molecule has 0 saturated carbocycles. The fraction of sp³-hybridized carbons (Fsp3) is 0.429. The van der Waals surface area contributed by atoms with E-state index in [1.807, 2.05) is 30.3 Å². The second kappa shape index (κ2) is 5.01. The van der Waals surface area contributed by atoms with Crippen molar-refractivity contribution in [3.63, 3.8) is 0 Å². The van der Waals surface area contributed by atoms with Crippen LogP contribution in [0.15, 0.2) is 30.8 Å². The van der Waals surface area contributed by atoms with Gasteiger partial charge < -0.3 is 4.74 Å². The summed E-state index contributed by atoms with van der Waals surface area (Å²) in [6.07, 6.45) is 2.88. The van der Waals surface area contributed by atoms with Gasteiger partial charge in [0.05, 0.1) is 6.61 Å². The molecule has 0 amide bonds. The van der Waals surface area contributed by atoms with Gasteiger partial charge in [0.1, 0.15) is 5.75 Å². The molecule has 0 spiro atoms. The average Bonchev–Trinajstić information content (AvgIpc) is 2.16. The molecular weight excluding hydrogens is 184 g/mol. The van der Waals surface area contributed by atoms with Gasteiger partial charge >= 0.3 is 0 Å². The molecule has 82 valence electrons. The molecule has 0 atom stereocenters. The summed E-state index contributed by atoms with van der Waals surface area (Å²) < 4.78 is 5.73. The van der Waals surface area contributed by atoms with Gasteiger partial charge in [-0.25, -0.2) is 0 Å². The molecular formula is C14H20O. The van der Waals surface area contributed by atoms with E-state index in [1.54, 1.807) is 0 Å². The van der Waals surface area contributed by atoms with Crippen molar-refractivity contribution in [3.05, 3.63) is 36.4 Å². The Labute approximate surface area is 92.8 Å². The fourth-order valence-electron chi connectivity index (χ4n) is 1.25. The van der Waals surface area contributed by atoms with Crippen molar-refractivity contribution in [2.45, 2.75) is 27.2 Å². The predicted octanol–water partition coefficient (Wildman–Crippen LogP) is 4.14. The van der Waals surface area contributed by atoms with Gasteiger partial charge in [0.15, 0.2) is 0 Å². The number of para-hydroxylation sites is 1. The number of ether oxygens (including phenoxy) is 1. The van der Waals surface area contributed by atoms with Gasteiger partial charge in [-0.2, -0.15) is 0 Å². The highest BCUT2D eigenvalue weighted by atomic mass is 16.5. The molecule has 1 rings (SSSR count).